The molecule has 0 amide bonds. The highest BCUT2D eigenvalue weighted by Gasteiger charge is 2.16. The molecule has 0 aliphatic carbocycles. The van der Waals surface area contributed by atoms with Crippen LogP contribution in [-0.2, 0) is 6.54 Å². The number of benzene rings is 2. The second kappa shape index (κ2) is 6.63. The molecule has 2 heterocycles. The van der Waals surface area contributed by atoms with Crippen molar-refractivity contribution in [1.29, 1.82) is 0 Å². The molecule has 0 atom stereocenters. The van der Waals surface area contributed by atoms with Crippen LogP contribution in [-0.4, -0.2) is 9.13 Å². The van der Waals surface area contributed by atoms with Gasteiger partial charge in [0.15, 0.2) is 0 Å². The summed E-state index contributed by atoms with van der Waals surface area (Å²) in [5.74, 6) is -0.327. The lowest BCUT2D eigenvalue weighted by molar-refractivity contribution is 0.625. The summed E-state index contributed by atoms with van der Waals surface area (Å²) < 4.78 is 16.5. The maximum Gasteiger partial charge on any atom is 0.336 e. The Morgan fingerprint density at radius 1 is 0.963 bits per heavy atom. The van der Waals surface area contributed by atoms with Gasteiger partial charge >= 0.3 is 5.69 Å². The van der Waals surface area contributed by atoms with Gasteiger partial charge in [0.25, 0.3) is 5.56 Å². The first-order valence-electron chi connectivity index (χ1n) is 8.50. The Balaban J connectivity index is 1.99. The third-order valence-corrected chi connectivity index (χ3v) is 5.36. The van der Waals surface area contributed by atoms with Gasteiger partial charge in [-0.3, -0.25) is 9.36 Å². The summed E-state index contributed by atoms with van der Waals surface area (Å²) in [6.07, 6.45) is 0. The van der Waals surface area contributed by atoms with Crippen LogP contribution in [0.5, 0.6) is 0 Å². The van der Waals surface area contributed by atoms with Crippen molar-refractivity contribution in [3.63, 3.8) is 0 Å². The summed E-state index contributed by atoms with van der Waals surface area (Å²) in [6.45, 7) is 4.13. The van der Waals surface area contributed by atoms with Gasteiger partial charge in [0.1, 0.15) is 10.5 Å². The van der Waals surface area contributed by atoms with Crippen LogP contribution in [0.4, 0.5) is 4.39 Å². The fourth-order valence-electron chi connectivity index (χ4n) is 3.32. The first-order valence-corrected chi connectivity index (χ1v) is 9.38. The molecule has 4 aromatic rings. The second-order valence-corrected chi connectivity index (χ2v) is 7.53. The number of thiophene rings is 1. The molecule has 0 saturated carbocycles. The molecular formula is C21H17FN2O2S. The number of halogens is 1. The van der Waals surface area contributed by atoms with E-state index in [9.17, 15) is 14.0 Å². The molecule has 4 nitrogen and oxygen atoms in total. The Morgan fingerprint density at radius 2 is 1.63 bits per heavy atom. The fraction of sp³-hybridized carbons (Fsp3) is 0.143. The van der Waals surface area contributed by atoms with Gasteiger partial charge in [-0.05, 0) is 66.2 Å². The first kappa shape index (κ1) is 17.4. The summed E-state index contributed by atoms with van der Waals surface area (Å²) >= 11 is 1.31. The molecule has 2 aromatic heterocycles. The molecule has 0 radical (unpaired) electrons. The molecule has 27 heavy (non-hydrogen) atoms. The van der Waals surface area contributed by atoms with E-state index in [1.807, 2.05) is 32.0 Å². The van der Waals surface area contributed by atoms with E-state index < -0.39 is 5.69 Å². The SMILES string of the molecule is Cc1cc(C)cc(-n2c(=O)c3sccc3n(Cc3ccc(F)cc3)c2=O)c1. The van der Waals surface area contributed by atoms with E-state index in [0.717, 1.165) is 16.7 Å². The van der Waals surface area contributed by atoms with Crippen molar-refractivity contribution >= 4 is 21.6 Å². The molecule has 0 unspecified atom stereocenters. The lowest BCUT2D eigenvalue weighted by Gasteiger charge is -2.13. The van der Waals surface area contributed by atoms with Crippen LogP contribution >= 0.6 is 11.3 Å². The van der Waals surface area contributed by atoms with E-state index in [0.29, 0.717) is 15.9 Å². The zero-order chi connectivity index (χ0) is 19.1. The Bertz CT molecular complexity index is 1250. The van der Waals surface area contributed by atoms with Crippen molar-refractivity contribution in [2.24, 2.45) is 0 Å². The van der Waals surface area contributed by atoms with Gasteiger partial charge in [-0.1, -0.05) is 18.2 Å². The highest BCUT2D eigenvalue weighted by Crippen LogP contribution is 2.18. The quantitative estimate of drug-likeness (QED) is 0.539. The van der Waals surface area contributed by atoms with E-state index in [-0.39, 0.29) is 17.9 Å². The van der Waals surface area contributed by atoms with Crippen LogP contribution < -0.4 is 11.2 Å². The summed E-state index contributed by atoms with van der Waals surface area (Å²) in [5, 5.41) is 1.80. The predicted molar refractivity (Wildman–Crippen MR) is 107 cm³/mol. The molecule has 4 rings (SSSR count). The van der Waals surface area contributed by atoms with Crippen LogP contribution in [0.25, 0.3) is 15.9 Å². The van der Waals surface area contributed by atoms with Crippen molar-refractivity contribution in [1.82, 2.24) is 9.13 Å². The molecule has 0 aliphatic heterocycles. The Labute approximate surface area is 158 Å². The number of hydrogen-bond acceptors (Lipinski definition) is 3. The van der Waals surface area contributed by atoms with Gasteiger partial charge in [-0.25, -0.2) is 13.8 Å². The smallest absolute Gasteiger partial charge is 0.288 e. The molecule has 136 valence electrons. The van der Waals surface area contributed by atoms with E-state index in [1.165, 1.54) is 28.0 Å². The number of nitrogens with zero attached hydrogens (tertiary/aromatic N) is 2. The Kier molecular flexibility index (Phi) is 4.28. The largest absolute Gasteiger partial charge is 0.336 e. The van der Waals surface area contributed by atoms with Crippen molar-refractivity contribution in [3.05, 3.63) is 97.3 Å². The number of aryl methyl sites for hydroxylation is 2. The van der Waals surface area contributed by atoms with Crippen LogP contribution in [0.15, 0.2) is 63.5 Å². The topological polar surface area (TPSA) is 44.0 Å². The van der Waals surface area contributed by atoms with Gasteiger partial charge in [-0.15, -0.1) is 11.3 Å². The third kappa shape index (κ3) is 3.13. The molecule has 0 N–H and O–H groups in total. The highest BCUT2D eigenvalue weighted by atomic mass is 32.1. The van der Waals surface area contributed by atoms with Gasteiger partial charge in [-0.2, -0.15) is 0 Å². The van der Waals surface area contributed by atoms with Crippen molar-refractivity contribution in [3.8, 4) is 5.69 Å². The molecule has 0 bridgehead atoms. The molecule has 0 saturated heterocycles. The van der Waals surface area contributed by atoms with E-state index in [1.54, 1.807) is 28.1 Å². The third-order valence-electron chi connectivity index (χ3n) is 4.47. The summed E-state index contributed by atoms with van der Waals surface area (Å²) in [5.41, 5.74) is 3.19. The number of rotatable bonds is 3. The Hall–Kier alpha value is -2.99. The normalized spacial score (nSPS) is 11.2. The molecule has 0 aliphatic rings. The van der Waals surface area contributed by atoms with Gasteiger partial charge < -0.3 is 0 Å². The zero-order valence-corrected chi connectivity index (χ0v) is 15.7. The fourth-order valence-corrected chi connectivity index (χ4v) is 4.14. The monoisotopic (exact) mass is 380 g/mol. The van der Waals surface area contributed by atoms with Crippen molar-refractivity contribution in [2.45, 2.75) is 20.4 Å². The summed E-state index contributed by atoms with van der Waals surface area (Å²) in [6, 6.07) is 13.5. The standard InChI is InChI=1S/C21H17FN2O2S/c1-13-9-14(2)11-17(10-13)24-20(25)19-18(7-8-27-19)23(21(24)26)12-15-3-5-16(22)6-4-15/h3-11H,12H2,1-2H3. The molecule has 6 heteroatoms. The van der Waals surface area contributed by atoms with Crippen molar-refractivity contribution in [2.75, 3.05) is 0 Å². The molecule has 0 fully saturated rings. The van der Waals surface area contributed by atoms with Crippen LogP contribution in [0.2, 0.25) is 0 Å². The minimum Gasteiger partial charge on any atom is -0.288 e. The predicted octanol–water partition coefficient (Wildman–Crippen LogP) is 4.02. The van der Waals surface area contributed by atoms with Crippen molar-refractivity contribution < 1.29 is 4.39 Å². The highest BCUT2D eigenvalue weighted by molar-refractivity contribution is 7.17. The Morgan fingerprint density at radius 3 is 2.30 bits per heavy atom. The molecular weight excluding hydrogens is 363 g/mol. The number of aromatic nitrogens is 2. The van der Waals surface area contributed by atoms with Gasteiger partial charge in [0.05, 0.1) is 17.7 Å². The van der Waals surface area contributed by atoms with Crippen LogP contribution in [0.3, 0.4) is 0 Å². The van der Waals surface area contributed by atoms with E-state index in [4.69, 9.17) is 0 Å². The van der Waals surface area contributed by atoms with Gasteiger partial charge in [0.2, 0.25) is 0 Å². The van der Waals surface area contributed by atoms with E-state index >= 15 is 0 Å². The first-order chi connectivity index (χ1) is 12.9. The van der Waals surface area contributed by atoms with Crippen LogP contribution in [0.1, 0.15) is 16.7 Å². The van der Waals surface area contributed by atoms with Crippen LogP contribution in [0, 0.1) is 19.7 Å². The molecule has 0 spiro atoms. The maximum atomic E-state index is 13.3. The minimum atomic E-state index is -0.403. The average molecular weight is 380 g/mol. The number of hydrogen-bond donors (Lipinski definition) is 0. The average Bonchev–Trinajstić information content (AvgIpc) is 3.09. The second-order valence-electron chi connectivity index (χ2n) is 6.62. The lowest BCUT2D eigenvalue weighted by atomic mass is 10.1. The lowest BCUT2D eigenvalue weighted by Crippen LogP contribution is -2.38. The maximum absolute atomic E-state index is 13.3. The van der Waals surface area contributed by atoms with E-state index in [2.05, 4.69) is 0 Å². The zero-order valence-electron chi connectivity index (χ0n) is 14.9. The summed E-state index contributed by atoms with van der Waals surface area (Å²) in [4.78, 5) is 26.2. The van der Waals surface area contributed by atoms with Gasteiger partial charge in [0, 0.05) is 0 Å². The molecule has 2 aromatic carbocycles. The number of fused-ring (bicyclic) bond motifs is 1. The minimum absolute atomic E-state index is 0.261. The summed E-state index contributed by atoms with van der Waals surface area (Å²) in [7, 11) is 0.